The molecule has 7 nitrogen and oxygen atoms in total. The standard InChI is InChI=1S/C20H25N3O4S/c1-14-7-8-18(23(25)26)20(15(14)2)21-19(24)13-22(11-16-5-3-9-27-16)12-17-6-4-10-28-17/h4,6-8,10,16H,3,5,9,11-13H2,1-2H3,(H,21,24)/t16-/m0/s1. The molecule has 1 atom stereocenters. The Balaban J connectivity index is 1.72. The Labute approximate surface area is 168 Å². The third-order valence-electron chi connectivity index (χ3n) is 4.99. The molecule has 1 aliphatic heterocycles. The van der Waals surface area contributed by atoms with E-state index >= 15 is 0 Å². The van der Waals surface area contributed by atoms with Crippen LogP contribution in [-0.4, -0.2) is 41.5 Å². The lowest BCUT2D eigenvalue weighted by Gasteiger charge is -2.24. The number of rotatable bonds is 8. The van der Waals surface area contributed by atoms with Gasteiger partial charge in [-0.3, -0.25) is 19.8 Å². The number of benzene rings is 1. The normalized spacial score (nSPS) is 16.5. The number of nitrogens with one attached hydrogen (secondary N) is 1. The van der Waals surface area contributed by atoms with Gasteiger partial charge in [0.25, 0.3) is 5.69 Å². The number of carbonyl (C=O) groups is 1. The summed E-state index contributed by atoms with van der Waals surface area (Å²) in [4.78, 5) is 26.9. The maximum Gasteiger partial charge on any atom is 0.293 e. The van der Waals surface area contributed by atoms with Gasteiger partial charge in [0.2, 0.25) is 5.91 Å². The second-order valence-electron chi connectivity index (χ2n) is 7.09. The zero-order valence-corrected chi connectivity index (χ0v) is 17.0. The van der Waals surface area contributed by atoms with E-state index in [1.165, 1.54) is 10.9 Å². The van der Waals surface area contributed by atoms with Gasteiger partial charge in [-0.25, -0.2) is 0 Å². The van der Waals surface area contributed by atoms with Crippen LogP contribution in [0.4, 0.5) is 11.4 Å². The van der Waals surface area contributed by atoms with Crippen molar-refractivity contribution in [1.82, 2.24) is 4.90 Å². The summed E-state index contributed by atoms with van der Waals surface area (Å²) in [5, 5.41) is 16.1. The van der Waals surface area contributed by atoms with Crippen molar-refractivity contribution in [3.8, 4) is 0 Å². The largest absolute Gasteiger partial charge is 0.377 e. The van der Waals surface area contributed by atoms with Crippen LogP contribution in [0.25, 0.3) is 0 Å². The Bertz CT molecular complexity index is 832. The molecule has 1 aliphatic rings. The first kappa shape index (κ1) is 20.4. The molecular weight excluding hydrogens is 378 g/mol. The van der Waals surface area contributed by atoms with E-state index in [9.17, 15) is 14.9 Å². The summed E-state index contributed by atoms with van der Waals surface area (Å²) in [5.41, 5.74) is 1.81. The van der Waals surface area contributed by atoms with Gasteiger partial charge >= 0.3 is 0 Å². The predicted molar refractivity (Wildman–Crippen MR) is 110 cm³/mol. The van der Waals surface area contributed by atoms with Gasteiger partial charge in [0.05, 0.1) is 17.6 Å². The quantitative estimate of drug-likeness (QED) is 0.534. The number of carbonyl (C=O) groups excluding carboxylic acids is 1. The highest BCUT2D eigenvalue weighted by Gasteiger charge is 2.23. The second-order valence-corrected chi connectivity index (χ2v) is 8.12. The molecule has 0 spiro atoms. The van der Waals surface area contributed by atoms with E-state index in [-0.39, 0.29) is 29.9 Å². The number of hydrogen-bond donors (Lipinski definition) is 1. The van der Waals surface area contributed by atoms with Gasteiger partial charge in [-0.2, -0.15) is 0 Å². The first-order valence-electron chi connectivity index (χ1n) is 9.35. The fraction of sp³-hybridized carbons (Fsp3) is 0.450. The number of anilines is 1. The Morgan fingerprint density at radius 2 is 2.21 bits per heavy atom. The van der Waals surface area contributed by atoms with Crippen LogP contribution in [0.5, 0.6) is 0 Å². The average Bonchev–Trinajstić information content (AvgIpc) is 3.33. The summed E-state index contributed by atoms with van der Waals surface area (Å²) in [6.45, 7) is 5.89. The lowest BCUT2D eigenvalue weighted by atomic mass is 10.1. The Morgan fingerprint density at radius 1 is 1.39 bits per heavy atom. The van der Waals surface area contributed by atoms with Crippen LogP contribution < -0.4 is 5.32 Å². The summed E-state index contributed by atoms with van der Waals surface area (Å²) in [6, 6.07) is 7.17. The van der Waals surface area contributed by atoms with Crippen molar-refractivity contribution in [3.05, 3.63) is 55.8 Å². The highest BCUT2D eigenvalue weighted by Crippen LogP contribution is 2.30. The molecule has 0 bridgehead atoms. The lowest BCUT2D eigenvalue weighted by molar-refractivity contribution is -0.384. The molecule has 3 rings (SSSR count). The second kappa shape index (κ2) is 9.27. The third-order valence-corrected chi connectivity index (χ3v) is 5.85. The number of nitrogens with zero attached hydrogens (tertiary/aromatic N) is 2. The number of amides is 1. The highest BCUT2D eigenvalue weighted by molar-refractivity contribution is 7.09. The molecule has 1 fully saturated rings. The zero-order chi connectivity index (χ0) is 20.1. The molecule has 2 heterocycles. The Kier molecular flexibility index (Phi) is 6.77. The highest BCUT2D eigenvalue weighted by atomic mass is 32.1. The molecule has 2 aromatic rings. The minimum absolute atomic E-state index is 0.0830. The molecule has 1 N–H and O–H groups in total. The van der Waals surface area contributed by atoms with Crippen LogP contribution in [0, 0.1) is 24.0 Å². The summed E-state index contributed by atoms with van der Waals surface area (Å²) in [6.07, 6.45) is 2.16. The van der Waals surface area contributed by atoms with Crippen molar-refractivity contribution in [2.75, 3.05) is 25.0 Å². The van der Waals surface area contributed by atoms with Gasteiger partial charge in [-0.05, 0) is 49.3 Å². The average molecular weight is 404 g/mol. The van der Waals surface area contributed by atoms with E-state index in [2.05, 4.69) is 5.32 Å². The van der Waals surface area contributed by atoms with Crippen molar-refractivity contribution in [1.29, 1.82) is 0 Å². The fourth-order valence-electron chi connectivity index (χ4n) is 3.38. The van der Waals surface area contributed by atoms with Crippen molar-refractivity contribution in [2.24, 2.45) is 0 Å². The van der Waals surface area contributed by atoms with Crippen LogP contribution in [0.15, 0.2) is 29.6 Å². The third kappa shape index (κ3) is 5.15. The fourth-order valence-corrected chi connectivity index (χ4v) is 4.12. The molecule has 1 amide bonds. The number of thiophene rings is 1. The Morgan fingerprint density at radius 3 is 2.86 bits per heavy atom. The first-order chi connectivity index (χ1) is 13.4. The molecule has 8 heteroatoms. The van der Waals surface area contributed by atoms with Crippen molar-refractivity contribution in [3.63, 3.8) is 0 Å². The summed E-state index contributed by atoms with van der Waals surface area (Å²) in [5.74, 6) is -0.258. The number of ether oxygens (including phenoxy) is 1. The first-order valence-corrected chi connectivity index (χ1v) is 10.2. The van der Waals surface area contributed by atoms with Gasteiger partial charge in [-0.15, -0.1) is 11.3 Å². The number of aryl methyl sites for hydroxylation is 1. The van der Waals surface area contributed by atoms with Gasteiger partial charge < -0.3 is 10.1 Å². The van der Waals surface area contributed by atoms with E-state index in [1.54, 1.807) is 24.3 Å². The molecule has 0 aliphatic carbocycles. The van der Waals surface area contributed by atoms with E-state index < -0.39 is 4.92 Å². The van der Waals surface area contributed by atoms with Crippen LogP contribution >= 0.6 is 11.3 Å². The van der Waals surface area contributed by atoms with Gasteiger partial charge in [0, 0.05) is 30.6 Å². The zero-order valence-electron chi connectivity index (χ0n) is 16.1. The molecular formula is C20H25N3O4S. The van der Waals surface area contributed by atoms with E-state index in [0.29, 0.717) is 18.7 Å². The molecule has 28 heavy (non-hydrogen) atoms. The monoisotopic (exact) mass is 403 g/mol. The molecule has 1 saturated heterocycles. The summed E-state index contributed by atoms with van der Waals surface area (Å²) >= 11 is 1.65. The van der Waals surface area contributed by atoms with Crippen LogP contribution in [0.3, 0.4) is 0 Å². The van der Waals surface area contributed by atoms with Gasteiger partial charge in [-0.1, -0.05) is 12.1 Å². The van der Waals surface area contributed by atoms with Crippen LogP contribution in [0.1, 0.15) is 28.8 Å². The van der Waals surface area contributed by atoms with E-state index in [0.717, 1.165) is 25.0 Å². The predicted octanol–water partition coefficient (Wildman–Crippen LogP) is 3.89. The maximum atomic E-state index is 12.8. The minimum atomic E-state index is -0.460. The molecule has 150 valence electrons. The van der Waals surface area contributed by atoms with E-state index in [1.807, 2.05) is 29.3 Å². The van der Waals surface area contributed by atoms with Crippen LogP contribution in [-0.2, 0) is 16.1 Å². The summed E-state index contributed by atoms with van der Waals surface area (Å²) < 4.78 is 5.73. The molecule has 0 radical (unpaired) electrons. The lowest BCUT2D eigenvalue weighted by Crippen LogP contribution is -2.37. The number of nitro groups is 1. The molecule has 0 saturated carbocycles. The van der Waals surface area contributed by atoms with Crippen molar-refractivity contribution in [2.45, 2.75) is 39.3 Å². The number of hydrogen-bond acceptors (Lipinski definition) is 6. The van der Waals surface area contributed by atoms with Crippen LogP contribution in [0.2, 0.25) is 0 Å². The summed E-state index contributed by atoms with van der Waals surface area (Å²) in [7, 11) is 0. The molecule has 1 aromatic heterocycles. The topological polar surface area (TPSA) is 84.7 Å². The van der Waals surface area contributed by atoms with Gasteiger partial charge in [0.15, 0.2) is 0 Å². The Hall–Kier alpha value is -2.29. The molecule has 0 unspecified atom stereocenters. The van der Waals surface area contributed by atoms with Crippen molar-refractivity contribution >= 4 is 28.6 Å². The SMILES string of the molecule is Cc1ccc([N+](=O)[O-])c(NC(=O)CN(Cc2cccs2)C[C@@H]2CCCO2)c1C. The maximum absolute atomic E-state index is 12.8. The number of nitro benzene ring substituents is 1. The van der Waals surface area contributed by atoms with E-state index in [4.69, 9.17) is 4.74 Å². The molecule has 1 aromatic carbocycles. The van der Waals surface area contributed by atoms with Crippen molar-refractivity contribution < 1.29 is 14.5 Å². The smallest absolute Gasteiger partial charge is 0.293 e. The van der Waals surface area contributed by atoms with Gasteiger partial charge in [0.1, 0.15) is 5.69 Å². The minimum Gasteiger partial charge on any atom is -0.377 e.